The highest BCUT2D eigenvalue weighted by molar-refractivity contribution is 7.07. The Morgan fingerprint density at radius 3 is 2.67 bits per heavy atom. The highest BCUT2D eigenvalue weighted by Gasteiger charge is 2.21. The lowest BCUT2D eigenvalue weighted by Gasteiger charge is -2.13. The van der Waals surface area contributed by atoms with Gasteiger partial charge in [-0.2, -0.15) is 0 Å². The van der Waals surface area contributed by atoms with Crippen molar-refractivity contribution in [3.8, 4) is 5.75 Å². The number of nitrogens with one attached hydrogen (secondary N) is 1. The Balaban J connectivity index is 2.16. The van der Waals surface area contributed by atoms with Crippen LogP contribution in [0.4, 0.5) is 5.69 Å². The van der Waals surface area contributed by atoms with Crippen molar-refractivity contribution in [1.29, 1.82) is 0 Å². The van der Waals surface area contributed by atoms with E-state index < -0.39 is 12.0 Å². The molecule has 1 aromatic heterocycles. The average molecular weight is 264 g/mol. The molecule has 0 fully saturated rings. The first-order valence-corrected chi connectivity index (χ1v) is 6.16. The summed E-state index contributed by atoms with van der Waals surface area (Å²) in [6, 6.07) is 6.22. The predicted molar refractivity (Wildman–Crippen MR) is 69.1 cm³/mol. The maximum Gasteiger partial charge on any atom is 0.332 e. The molecule has 2 N–H and O–H groups in total. The Labute approximate surface area is 108 Å². The first kappa shape index (κ1) is 12.4. The summed E-state index contributed by atoms with van der Waals surface area (Å²) in [5.74, 6) is -0.238. The lowest BCUT2D eigenvalue weighted by Crippen LogP contribution is -2.20. The summed E-state index contributed by atoms with van der Waals surface area (Å²) in [5.41, 5.74) is 2.82. The molecule has 94 valence electrons. The number of rotatable bonds is 5. The van der Waals surface area contributed by atoms with E-state index in [0.29, 0.717) is 11.4 Å². The Kier molecular flexibility index (Phi) is 3.78. The highest BCUT2D eigenvalue weighted by Crippen LogP contribution is 2.22. The third-order valence-corrected chi connectivity index (χ3v) is 3.00. The summed E-state index contributed by atoms with van der Waals surface area (Å²) < 4.78 is 5.04. The van der Waals surface area contributed by atoms with Gasteiger partial charge in [0, 0.05) is 11.1 Å². The van der Waals surface area contributed by atoms with Gasteiger partial charge in [0.2, 0.25) is 0 Å². The van der Waals surface area contributed by atoms with Crippen LogP contribution < -0.4 is 10.1 Å². The van der Waals surface area contributed by atoms with Crippen LogP contribution in [0.5, 0.6) is 5.75 Å². The molecule has 0 bridgehead atoms. The van der Waals surface area contributed by atoms with Crippen molar-refractivity contribution in [2.75, 3.05) is 12.4 Å². The van der Waals surface area contributed by atoms with Gasteiger partial charge in [-0.15, -0.1) is 11.3 Å². The molecule has 1 aromatic carbocycles. The zero-order valence-electron chi connectivity index (χ0n) is 9.66. The minimum atomic E-state index is -0.961. The van der Waals surface area contributed by atoms with Crippen LogP contribution in [-0.2, 0) is 4.79 Å². The smallest absolute Gasteiger partial charge is 0.332 e. The number of aliphatic carboxylic acids is 1. The van der Waals surface area contributed by atoms with Gasteiger partial charge in [0.15, 0.2) is 6.04 Å². The molecule has 1 atom stereocenters. The Hall–Kier alpha value is -2.08. The van der Waals surface area contributed by atoms with E-state index in [4.69, 9.17) is 4.74 Å². The summed E-state index contributed by atoms with van der Waals surface area (Å²) in [7, 11) is 1.58. The van der Waals surface area contributed by atoms with E-state index in [9.17, 15) is 9.90 Å². The van der Waals surface area contributed by atoms with Crippen LogP contribution in [0.2, 0.25) is 0 Å². The molecular formula is C12H12N2O3S. The van der Waals surface area contributed by atoms with Gasteiger partial charge < -0.3 is 15.2 Å². The maximum absolute atomic E-state index is 11.2. The fourth-order valence-electron chi connectivity index (χ4n) is 1.48. The molecule has 0 aliphatic rings. The first-order valence-electron chi connectivity index (χ1n) is 5.22. The van der Waals surface area contributed by atoms with Crippen LogP contribution in [0.3, 0.4) is 0 Å². The standard InChI is InChI=1S/C12H12N2O3S/c1-17-9-4-2-8(3-5-9)14-11(12(15)16)10-6-18-7-13-10/h2-7,11,14H,1H3,(H,15,16). The molecule has 2 aromatic rings. The second kappa shape index (κ2) is 5.50. The van der Waals surface area contributed by atoms with Crippen LogP contribution in [0.1, 0.15) is 11.7 Å². The second-order valence-electron chi connectivity index (χ2n) is 3.56. The van der Waals surface area contributed by atoms with Crippen molar-refractivity contribution in [2.24, 2.45) is 0 Å². The van der Waals surface area contributed by atoms with E-state index in [2.05, 4.69) is 10.3 Å². The van der Waals surface area contributed by atoms with Gasteiger partial charge >= 0.3 is 5.97 Å². The Morgan fingerprint density at radius 2 is 2.17 bits per heavy atom. The minimum absolute atomic E-state index is 0.503. The Morgan fingerprint density at radius 1 is 1.44 bits per heavy atom. The lowest BCUT2D eigenvalue weighted by atomic mass is 10.2. The molecular weight excluding hydrogens is 252 g/mol. The molecule has 6 heteroatoms. The van der Waals surface area contributed by atoms with E-state index in [0.717, 1.165) is 5.75 Å². The number of carboxylic acid groups (broad SMARTS) is 1. The van der Waals surface area contributed by atoms with Crippen LogP contribution in [0.25, 0.3) is 0 Å². The largest absolute Gasteiger partial charge is 0.497 e. The van der Waals surface area contributed by atoms with Crippen LogP contribution >= 0.6 is 11.3 Å². The number of nitrogens with zero attached hydrogens (tertiary/aromatic N) is 1. The highest BCUT2D eigenvalue weighted by atomic mass is 32.1. The zero-order chi connectivity index (χ0) is 13.0. The van der Waals surface area contributed by atoms with E-state index in [1.165, 1.54) is 11.3 Å². The van der Waals surface area contributed by atoms with Crippen molar-refractivity contribution in [1.82, 2.24) is 4.98 Å². The van der Waals surface area contributed by atoms with Gasteiger partial charge in [0.25, 0.3) is 0 Å². The number of anilines is 1. The van der Waals surface area contributed by atoms with E-state index in [1.807, 2.05) is 0 Å². The van der Waals surface area contributed by atoms with Crippen LogP contribution in [-0.4, -0.2) is 23.2 Å². The lowest BCUT2D eigenvalue weighted by molar-refractivity contribution is -0.138. The number of carboxylic acids is 1. The normalized spacial score (nSPS) is 11.8. The summed E-state index contributed by atoms with van der Waals surface area (Å²) in [6.07, 6.45) is 0. The van der Waals surface area contributed by atoms with Crippen LogP contribution in [0.15, 0.2) is 35.2 Å². The zero-order valence-corrected chi connectivity index (χ0v) is 10.5. The molecule has 0 aliphatic carbocycles. The number of benzene rings is 1. The summed E-state index contributed by atoms with van der Waals surface area (Å²) >= 11 is 1.37. The van der Waals surface area contributed by atoms with Crippen molar-refractivity contribution in [3.05, 3.63) is 40.8 Å². The van der Waals surface area contributed by atoms with Gasteiger partial charge in [-0.05, 0) is 24.3 Å². The number of methoxy groups -OCH3 is 1. The average Bonchev–Trinajstić information content (AvgIpc) is 2.90. The molecule has 5 nitrogen and oxygen atoms in total. The Bertz CT molecular complexity index is 511. The monoisotopic (exact) mass is 264 g/mol. The van der Waals surface area contributed by atoms with E-state index in [-0.39, 0.29) is 0 Å². The van der Waals surface area contributed by atoms with Gasteiger partial charge in [0.1, 0.15) is 5.75 Å². The fourth-order valence-corrected chi connectivity index (χ4v) is 2.06. The molecule has 1 unspecified atom stereocenters. The van der Waals surface area contributed by atoms with E-state index >= 15 is 0 Å². The second-order valence-corrected chi connectivity index (χ2v) is 4.28. The molecule has 0 saturated heterocycles. The fraction of sp³-hybridized carbons (Fsp3) is 0.167. The third kappa shape index (κ3) is 2.78. The van der Waals surface area contributed by atoms with E-state index in [1.54, 1.807) is 42.3 Å². The number of aromatic nitrogens is 1. The maximum atomic E-state index is 11.2. The topological polar surface area (TPSA) is 71.5 Å². The summed E-state index contributed by atoms with van der Waals surface area (Å²) in [6.45, 7) is 0. The number of thiazole rings is 1. The molecule has 0 radical (unpaired) electrons. The number of ether oxygens (including phenoxy) is 1. The summed E-state index contributed by atoms with van der Waals surface area (Å²) in [4.78, 5) is 15.2. The molecule has 0 aliphatic heterocycles. The quantitative estimate of drug-likeness (QED) is 0.867. The number of carbonyl (C=O) groups is 1. The van der Waals surface area contributed by atoms with Gasteiger partial charge in [0.05, 0.1) is 18.3 Å². The third-order valence-electron chi connectivity index (χ3n) is 2.40. The van der Waals surface area contributed by atoms with Crippen LogP contribution in [0, 0.1) is 0 Å². The first-order chi connectivity index (χ1) is 8.70. The van der Waals surface area contributed by atoms with Gasteiger partial charge in [-0.3, -0.25) is 0 Å². The molecule has 2 rings (SSSR count). The van der Waals surface area contributed by atoms with Gasteiger partial charge in [-0.25, -0.2) is 9.78 Å². The summed E-state index contributed by atoms with van der Waals surface area (Å²) in [5, 5.41) is 13.8. The van der Waals surface area contributed by atoms with Crippen molar-refractivity contribution in [2.45, 2.75) is 6.04 Å². The van der Waals surface area contributed by atoms with Crippen molar-refractivity contribution in [3.63, 3.8) is 0 Å². The molecule has 0 saturated carbocycles. The minimum Gasteiger partial charge on any atom is -0.497 e. The molecule has 18 heavy (non-hydrogen) atoms. The molecule has 0 amide bonds. The predicted octanol–water partition coefficient (Wildman–Crippen LogP) is 2.39. The number of hydrogen-bond donors (Lipinski definition) is 2. The van der Waals surface area contributed by atoms with Crippen molar-refractivity contribution >= 4 is 23.0 Å². The number of hydrogen-bond acceptors (Lipinski definition) is 5. The van der Waals surface area contributed by atoms with Crippen molar-refractivity contribution < 1.29 is 14.6 Å². The SMILES string of the molecule is COc1ccc(NC(C(=O)O)c2cscn2)cc1. The molecule has 1 heterocycles. The molecule has 0 spiro atoms. The van der Waals surface area contributed by atoms with Gasteiger partial charge in [-0.1, -0.05) is 0 Å².